The number of nitrogen functional groups attached to an aromatic ring is 1. The van der Waals surface area contributed by atoms with Gasteiger partial charge in [-0.3, -0.25) is 0 Å². The fourth-order valence-corrected chi connectivity index (χ4v) is 6.70. The molecule has 5 rings (SSSR count). The molecule has 0 saturated carbocycles. The molecular weight excluding hydrogens is 497 g/mol. The van der Waals surface area contributed by atoms with E-state index in [0.29, 0.717) is 34.2 Å². The van der Waals surface area contributed by atoms with Crippen LogP contribution in [0.2, 0.25) is 0 Å². The highest BCUT2D eigenvalue weighted by Crippen LogP contribution is 2.48. The van der Waals surface area contributed by atoms with Crippen molar-refractivity contribution >= 4 is 44.6 Å². The van der Waals surface area contributed by atoms with Gasteiger partial charge in [-0.1, -0.05) is 31.9 Å². The summed E-state index contributed by atoms with van der Waals surface area (Å²) in [5.41, 5.74) is 14.4. The molecule has 198 valence electrons. The van der Waals surface area contributed by atoms with Crippen LogP contribution < -0.4 is 10.6 Å². The molecule has 0 spiro atoms. The van der Waals surface area contributed by atoms with E-state index < -0.39 is 0 Å². The minimum Gasteiger partial charge on any atom is -0.389 e. The second-order valence-electron chi connectivity index (χ2n) is 9.98. The van der Waals surface area contributed by atoms with E-state index in [0.717, 1.165) is 107 Å². The van der Waals surface area contributed by atoms with E-state index in [1.54, 1.807) is 6.92 Å². The highest BCUT2D eigenvalue weighted by molar-refractivity contribution is 7.17. The molecule has 0 atom stereocenters. The van der Waals surface area contributed by atoms with Crippen molar-refractivity contribution in [2.24, 2.45) is 0 Å². The number of nitrogens with zero attached hydrogens (tertiary/aromatic N) is 4. The number of benzene rings is 1. The lowest BCUT2D eigenvalue weighted by Gasteiger charge is -2.23. The predicted molar refractivity (Wildman–Crippen MR) is 154 cm³/mol. The highest BCUT2D eigenvalue weighted by atomic mass is 32.1. The van der Waals surface area contributed by atoms with Crippen LogP contribution in [0.25, 0.3) is 22.3 Å². The fraction of sp³-hybridized carbons (Fsp3) is 0.433. The Balaban J connectivity index is 1.91. The van der Waals surface area contributed by atoms with Crippen molar-refractivity contribution in [3.05, 3.63) is 56.1 Å². The molecule has 2 aliphatic rings. The van der Waals surface area contributed by atoms with Crippen LogP contribution in [-0.2, 0) is 24.4 Å². The molecule has 1 aromatic carbocycles. The van der Waals surface area contributed by atoms with Gasteiger partial charge in [0.25, 0.3) is 0 Å². The molecular formula is C30H34FN5OS. The van der Waals surface area contributed by atoms with Gasteiger partial charge in [0.1, 0.15) is 16.9 Å². The monoisotopic (exact) mass is 531 g/mol. The number of ether oxygens (including phenoxy) is 1. The molecule has 0 aliphatic carbocycles. The molecule has 2 aliphatic heterocycles. The number of allylic oxidation sites excluding steroid dienone is 2. The number of nitrogens with two attached hydrogens (primary N) is 1. The second-order valence-corrected chi connectivity index (χ2v) is 11.0. The van der Waals surface area contributed by atoms with Crippen molar-refractivity contribution in [1.82, 2.24) is 9.97 Å². The molecule has 2 N–H and O–H groups in total. The molecule has 8 heteroatoms. The van der Waals surface area contributed by atoms with Gasteiger partial charge in [-0.2, -0.15) is 5.26 Å². The van der Waals surface area contributed by atoms with Crippen LogP contribution >= 0.6 is 11.3 Å². The quantitative estimate of drug-likeness (QED) is 0.344. The topological polar surface area (TPSA) is 88.1 Å². The molecule has 3 aromatic rings. The summed E-state index contributed by atoms with van der Waals surface area (Å²) < 4.78 is 21.4. The van der Waals surface area contributed by atoms with Crippen LogP contribution in [0.15, 0.2) is 17.8 Å². The number of anilines is 2. The molecule has 6 nitrogen and oxygen atoms in total. The number of aryl methyl sites for hydroxylation is 1. The van der Waals surface area contributed by atoms with Crippen LogP contribution in [0.4, 0.5) is 15.3 Å². The number of hydrogen-bond donors (Lipinski definition) is 1. The van der Waals surface area contributed by atoms with Gasteiger partial charge in [0, 0.05) is 30.2 Å². The number of nitriles is 1. The molecule has 4 heterocycles. The van der Waals surface area contributed by atoms with Gasteiger partial charge in [-0.25, -0.2) is 14.4 Å². The number of aromatic nitrogens is 2. The second kappa shape index (κ2) is 10.8. The van der Waals surface area contributed by atoms with Crippen molar-refractivity contribution in [2.75, 3.05) is 23.7 Å². The summed E-state index contributed by atoms with van der Waals surface area (Å²) in [5, 5.41) is 11.5. The van der Waals surface area contributed by atoms with Gasteiger partial charge < -0.3 is 15.4 Å². The minimum absolute atomic E-state index is 0.334. The lowest BCUT2D eigenvalue weighted by Crippen LogP contribution is -2.20. The SMILES string of the molecule is C/C=C(/F)c1sc(N)c(C#N)c1/C(=C(\C)CC)c1c2c(c3cnc(N4CCCC4)nc3c1CCC)COC2. The predicted octanol–water partition coefficient (Wildman–Crippen LogP) is 7.29. The Hall–Kier alpha value is -3.28. The summed E-state index contributed by atoms with van der Waals surface area (Å²) in [6.45, 7) is 10.8. The van der Waals surface area contributed by atoms with Crippen LogP contribution in [0.3, 0.4) is 0 Å². The van der Waals surface area contributed by atoms with Gasteiger partial charge in [0.05, 0.1) is 29.2 Å². The fourth-order valence-electron chi connectivity index (χ4n) is 5.71. The third kappa shape index (κ3) is 4.28. The minimum atomic E-state index is -0.371. The van der Waals surface area contributed by atoms with Crippen LogP contribution in [0.1, 0.15) is 91.6 Å². The maximum atomic E-state index is 15.3. The average molecular weight is 532 g/mol. The smallest absolute Gasteiger partial charge is 0.225 e. The Morgan fingerprint density at radius 1 is 1.24 bits per heavy atom. The van der Waals surface area contributed by atoms with Crippen molar-refractivity contribution in [3.63, 3.8) is 0 Å². The number of hydrogen-bond acceptors (Lipinski definition) is 7. The first-order chi connectivity index (χ1) is 18.4. The largest absolute Gasteiger partial charge is 0.389 e. The lowest BCUT2D eigenvalue weighted by molar-refractivity contribution is 0.135. The summed E-state index contributed by atoms with van der Waals surface area (Å²) in [4.78, 5) is 12.6. The zero-order valence-electron chi connectivity index (χ0n) is 22.6. The molecule has 0 amide bonds. The Kier molecular flexibility index (Phi) is 7.51. The summed E-state index contributed by atoms with van der Waals surface area (Å²) >= 11 is 1.14. The Morgan fingerprint density at radius 2 is 1.97 bits per heavy atom. The average Bonchev–Trinajstić information content (AvgIpc) is 3.70. The van der Waals surface area contributed by atoms with Crippen molar-refractivity contribution < 1.29 is 9.13 Å². The maximum absolute atomic E-state index is 15.3. The molecule has 2 aromatic heterocycles. The van der Waals surface area contributed by atoms with E-state index in [-0.39, 0.29) is 5.83 Å². The molecule has 38 heavy (non-hydrogen) atoms. The van der Waals surface area contributed by atoms with Crippen molar-refractivity contribution in [3.8, 4) is 6.07 Å². The van der Waals surface area contributed by atoms with Gasteiger partial charge in [-0.15, -0.1) is 11.3 Å². The van der Waals surface area contributed by atoms with E-state index in [1.165, 1.54) is 6.08 Å². The Bertz CT molecular complexity index is 1510. The lowest BCUT2D eigenvalue weighted by atomic mass is 9.81. The maximum Gasteiger partial charge on any atom is 0.225 e. The molecule has 1 fully saturated rings. The van der Waals surface area contributed by atoms with Crippen LogP contribution in [0.5, 0.6) is 0 Å². The Labute approximate surface area is 227 Å². The van der Waals surface area contributed by atoms with Gasteiger partial charge in [-0.05, 0) is 67.4 Å². The molecule has 0 bridgehead atoms. The van der Waals surface area contributed by atoms with E-state index >= 15 is 4.39 Å². The first-order valence-electron chi connectivity index (χ1n) is 13.5. The van der Waals surface area contributed by atoms with Gasteiger partial charge >= 0.3 is 0 Å². The third-order valence-corrected chi connectivity index (χ3v) is 8.74. The zero-order chi connectivity index (χ0) is 27.0. The molecule has 0 radical (unpaired) electrons. The molecule has 1 saturated heterocycles. The van der Waals surface area contributed by atoms with E-state index in [4.69, 9.17) is 20.4 Å². The highest BCUT2D eigenvalue weighted by Gasteiger charge is 2.32. The number of rotatable bonds is 7. The first-order valence-corrected chi connectivity index (χ1v) is 14.3. The summed E-state index contributed by atoms with van der Waals surface area (Å²) in [5.74, 6) is 0.386. The molecule has 0 unspecified atom stereocenters. The van der Waals surface area contributed by atoms with Gasteiger partial charge in [0.15, 0.2) is 0 Å². The summed E-state index contributed by atoms with van der Waals surface area (Å²) in [6, 6.07) is 2.29. The van der Waals surface area contributed by atoms with E-state index in [1.807, 2.05) is 6.20 Å². The number of halogens is 1. The first kappa shape index (κ1) is 26.3. The summed E-state index contributed by atoms with van der Waals surface area (Å²) in [6.07, 6.45) is 8.13. The number of thiophene rings is 1. The van der Waals surface area contributed by atoms with Crippen molar-refractivity contribution in [1.29, 1.82) is 5.26 Å². The van der Waals surface area contributed by atoms with E-state index in [2.05, 4.69) is 31.7 Å². The van der Waals surface area contributed by atoms with Crippen LogP contribution in [-0.4, -0.2) is 23.1 Å². The normalized spacial score (nSPS) is 16.2. The Morgan fingerprint density at radius 3 is 2.63 bits per heavy atom. The van der Waals surface area contributed by atoms with Crippen molar-refractivity contribution in [2.45, 2.75) is 73.0 Å². The van der Waals surface area contributed by atoms with E-state index in [9.17, 15) is 5.26 Å². The standard InChI is InChI=1S/C30H34FN5OS/c1-5-10-18-25(24(17(4)6-2)26-19(13-32)29(33)38-28(26)23(31)7-3)22-16-37-15-21(22)20-14-34-30(35-27(18)20)36-11-8-9-12-36/h7,14H,5-6,8-12,15-16,33H2,1-4H3/b23-7+,24-17+. The summed E-state index contributed by atoms with van der Waals surface area (Å²) in [7, 11) is 0. The zero-order valence-corrected chi connectivity index (χ0v) is 23.4. The van der Waals surface area contributed by atoms with Gasteiger partial charge in [0.2, 0.25) is 5.95 Å². The number of fused-ring (bicyclic) bond motifs is 3. The third-order valence-electron chi connectivity index (χ3n) is 7.71. The van der Waals surface area contributed by atoms with Crippen LogP contribution in [0, 0.1) is 11.3 Å².